The van der Waals surface area contributed by atoms with Gasteiger partial charge in [-0.1, -0.05) is 89.5 Å². The molecule has 0 radical (unpaired) electrons. The Kier molecular flexibility index (Phi) is 31.8. The van der Waals surface area contributed by atoms with E-state index >= 15 is 0 Å². The number of aliphatic hydroxyl groups is 1. The topological polar surface area (TPSA) is 46.5 Å². The fourth-order valence-electron chi connectivity index (χ4n) is 2.69. The molecular weight excluding hydrogens is 348 g/mol. The van der Waals surface area contributed by atoms with Crippen molar-refractivity contribution in [1.82, 2.24) is 0 Å². The molecule has 0 aliphatic rings. The number of allylic oxidation sites excluding steroid dienone is 4. The van der Waals surface area contributed by atoms with E-state index in [-0.39, 0.29) is 0 Å². The molecule has 0 rings (SSSR count). The standard InChI is InChI=1S/C13H24O2.C12H24O/c1-2-3-4-5-6-7-8-9-10-11-12-15-13-14;1-2-3-4-5-6-7-8-9-10-11-12-13/h5-6,13H,2-4,7-12H2,1H3;5-6,13H,2-4,7-12H2,1H3/b2*6-5-. The molecule has 0 fully saturated rings. The normalized spacial score (nSPS) is 11.0. The quantitative estimate of drug-likeness (QED) is 0.131. The summed E-state index contributed by atoms with van der Waals surface area (Å²) in [5.74, 6) is 0. The van der Waals surface area contributed by atoms with Gasteiger partial charge in [-0.05, 0) is 51.4 Å². The third-order valence-corrected chi connectivity index (χ3v) is 4.51. The second-order valence-electron chi connectivity index (χ2n) is 7.32. The first-order valence-electron chi connectivity index (χ1n) is 11.8. The van der Waals surface area contributed by atoms with Crippen molar-refractivity contribution in [3.05, 3.63) is 24.3 Å². The van der Waals surface area contributed by atoms with E-state index in [0.717, 1.165) is 19.3 Å². The number of hydrogen-bond donors (Lipinski definition) is 1. The Morgan fingerprint density at radius 3 is 1.46 bits per heavy atom. The van der Waals surface area contributed by atoms with Gasteiger partial charge in [-0.2, -0.15) is 0 Å². The minimum absolute atomic E-state index is 0.354. The summed E-state index contributed by atoms with van der Waals surface area (Å²) in [5, 5.41) is 8.55. The van der Waals surface area contributed by atoms with Crippen molar-refractivity contribution in [2.45, 2.75) is 117 Å². The molecule has 1 N–H and O–H groups in total. The van der Waals surface area contributed by atoms with Crippen molar-refractivity contribution in [2.75, 3.05) is 13.2 Å². The summed E-state index contributed by atoms with van der Waals surface area (Å²) in [6, 6.07) is 0. The Morgan fingerprint density at radius 2 is 1.04 bits per heavy atom. The SMILES string of the molecule is CCCC/C=C\CCCCCCO.CCCC/C=C\CCCCCCOC=O. The van der Waals surface area contributed by atoms with Crippen LogP contribution in [0.1, 0.15) is 117 Å². The van der Waals surface area contributed by atoms with Crippen molar-refractivity contribution in [3.8, 4) is 0 Å². The van der Waals surface area contributed by atoms with Gasteiger partial charge in [0.2, 0.25) is 0 Å². The fourth-order valence-corrected chi connectivity index (χ4v) is 2.69. The summed E-state index contributed by atoms with van der Waals surface area (Å²) in [6.07, 6.45) is 28.6. The first kappa shape index (κ1) is 29.1. The predicted molar refractivity (Wildman–Crippen MR) is 123 cm³/mol. The molecule has 3 nitrogen and oxygen atoms in total. The maximum absolute atomic E-state index is 9.83. The van der Waals surface area contributed by atoms with Gasteiger partial charge in [-0.15, -0.1) is 0 Å². The average molecular weight is 397 g/mol. The zero-order chi connectivity index (χ0) is 21.0. The third kappa shape index (κ3) is 32.6. The maximum atomic E-state index is 9.83. The summed E-state index contributed by atoms with van der Waals surface area (Å²) in [6.45, 7) is 5.90. The first-order valence-corrected chi connectivity index (χ1v) is 11.8. The lowest BCUT2D eigenvalue weighted by atomic mass is 10.1. The van der Waals surface area contributed by atoms with Crippen LogP contribution in [0.5, 0.6) is 0 Å². The molecule has 0 saturated heterocycles. The van der Waals surface area contributed by atoms with Crippen molar-refractivity contribution in [2.24, 2.45) is 0 Å². The third-order valence-electron chi connectivity index (χ3n) is 4.51. The lowest BCUT2D eigenvalue weighted by molar-refractivity contribution is -0.128. The molecule has 0 atom stereocenters. The summed E-state index contributed by atoms with van der Waals surface area (Å²) in [5.41, 5.74) is 0. The van der Waals surface area contributed by atoms with Crippen LogP contribution in [0.15, 0.2) is 24.3 Å². The second-order valence-corrected chi connectivity index (χ2v) is 7.32. The lowest BCUT2D eigenvalue weighted by Gasteiger charge is -1.98. The van der Waals surface area contributed by atoms with E-state index in [1.54, 1.807) is 0 Å². The molecule has 0 unspecified atom stereocenters. The van der Waals surface area contributed by atoms with Gasteiger partial charge in [0, 0.05) is 6.61 Å². The van der Waals surface area contributed by atoms with Crippen LogP contribution in [-0.2, 0) is 9.53 Å². The first-order chi connectivity index (χ1) is 13.8. The summed E-state index contributed by atoms with van der Waals surface area (Å²) < 4.78 is 4.61. The van der Waals surface area contributed by atoms with E-state index in [4.69, 9.17) is 5.11 Å². The average Bonchev–Trinajstić information content (AvgIpc) is 2.71. The van der Waals surface area contributed by atoms with Crippen LogP contribution in [0.3, 0.4) is 0 Å². The fraction of sp³-hybridized carbons (Fsp3) is 0.800. The molecule has 0 aliphatic carbocycles. The summed E-state index contributed by atoms with van der Waals surface area (Å²) in [7, 11) is 0. The molecule has 166 valence electrons. The van der Waals surface area contributed by atoms with Crippen LogP contribution in [-0.4, -0.2) is 24.8 Å². The van der Waals surface area contributed by atoms with Gasteiger partial charge >= 0.3 is 0 Å². The molecule has 0 heterocycles. The van der Waals surface area contributed by atoms with Crippen molar-refractivity contribution in [3.63, 3.8) is 0 Å². The highest BCUT2D eigenvalue weighted by molar-refractivity contribution is 5.36. The Balaban J connectivity index is 0. The highest BCUT2D eigenvalue weighted by Crippen LogP contribution is 2.05. The van der Waals surface area contributed by atoms with Gasteiger partial charge in [0.25, 0.3) is 6.47 Å². The molecule has 0 amide bonds. The Hall–Kier alpha value is -1.09. The number of carbonyl (C=O) groups is 1. The van der Waals surface area contributed by atoms with Gasteiger partial charge in [0.15, 0.2) is 0 Å². The molecule has 0 aromatic heterocycles. The molecule has 0 bridgehead atoms. The van der Waals surface area contributed by atoms with E-state index in [1.165, 1.54) is 83.5 Å². The molecule has 0 aromatic carbocycles. The summed E-state index contributed by atoms with van der Waals surface area (Å²) in [4.78, 5) is 9.83. The van der Waals surface area contributed by atoms with Gasteiger partial charge in [0.05, 0.1) is 6.61 Å². The number of rotatable bonds is 20. The van der Waals surface area contributed by atoms with Crippen LogP contribution >= 0.6 is 0 Å². The number of ether oxygens (including phenoxy) is 1. The van der Waals surface area contributed by atoms with E-state index in [2.05, 4.69) is 42.9 Å². The Morgan fingerprint density at radius 1 is 0.607 bits per heavy atom. The van der Waals surface area contributed by atoms with E-state index in [9.17, 15) is 4.79 Å². The molecule has 28 heavy (non-hydrogen) atoms. The Labute approximate surface area is 175 Å². The minimum Gasteiger partial charge on any atom is -0.468 e. The van der Waals surface area contributed by atoms with Crippen molar-refractivity contribution in [1.29, 1.82) is 0 Å². The van der Waals surface area contributed by atoms with E-state index in [1.807, 2.05) is 0 Å². The zero-order valence-electron chi connectivity index (χ0n) is 18.9. The minimum atomic E-state index is 0.354. The second kappa shape index (κ2) is 30.6. The molecule has 0 spiro atoms. The monoisotopic (exact) mass is 396 g/mol. The zero-order valence-corrected chi connectivity index (χ0v) is 18.9. The van der Waals surface area contributed by atoms with Crippen LogP contribution in [0.25, 0.3) is 0 Å². The number of aliphatic hydroxyl groups excluding tert-OH is 1. The largest absolute Gasteiger partial charge is 0.468 e. The van der Waals surface area contributed by atoms with Gasteiger partial charge in [-0.25, -0.2) is 0 Å². The highest BCUT2D eigenvalue weighted by atomic mass is 16.5. The summed E-state index contributed by atoms with van der Waals surface area (Å²) >= 11 is 0. The molecule has 0 aliphatic heterocycles. The van der Waals surface area contributed by atoms with Crippen LogP contribution in [0.4, 0.5) is 0 Å². The van der Waals surface area contributed by atoms with Gasteiger partial charge in [0.1, 0.15) is 0 Å². The highest BCUT2D eigenvalue weighted by Gasteiger charge is 1.89. The number of carbonyl (C=O) groups excluding carboxylic acids is 1. The molecule has 0 saturated carbocycles. The molecular formula is C25H48O3. The van der Waals surface area contributed by atoms with Crippen LogP contribution < -0.4 is 0 Å². The molecule has 0 aromatic rings. The van der Waals surface area contributed by atoms with Crippen molar-refractivity contribution < 1.29 is 14.6 Å². The predicted octanol–water partition coefficient (Wildman–Crippen LogP) is 7.53. The van der Waals surface area contributed by atoms with E-state index < -0.39 is 0 Å². The van der Waals surface area contributed by atoms with Crippen molar-refractivity contribution >= 4 is 6.47 Å². The lowest BCUT2D eigenvalue weighted by Crippen LogP contribution is -1.90. The molecule has 3 heteroatoms. The smallest absolute Gasteiger partial charge is 0.293 e. The Bertz CT molecular complexity index is 324. The maximum Gasteiger partial charge on any atom is 0.293 e. The van der Waals surface area contributed by atoms with Crippen LogP contribution in [0, 0.1) is 0 Å². The number of unbranched alkanes of at least 4 members (excludes halogenated alkanes) is 12. The van der Waals surface area contributed by atoms with Gasteiger partial charge in [-0.3, -0.25) is 4.79 Å². The van der Waals surface area contributed by atoms with Crippen LogP contribution in [0.2, 0.25) is 0 Å². The number of hydrogen-bond acceptors (Lipinski definition) is 3. The van der Waals surface area contributed by atoms with Gasteiger partial charge < -0.3 is 9.84 Å². The van der Waals surface area contributed by atoms with E-state index in [0.29, 0.717) is 19.7 Å².